The van der Waals surface area contributed by atoms with E-state index in [9.17, 15) is 13.2 Å². The Morgan fingerprint density at radius 2 is 1.88 bits per heavy atom. The molecule has 0 amide bonds. The van der Waals surface area contributed by atoms with Crippen molar-refractivity contribution in [3.8, 4) is 5.75 Å². The van der Waals surface area contributed by atoms with E-state index in [0.717, 1.165) is 57.8 Å². The molecule has 140 valence electrons. The van der Waals surface area contributed by atoms with E-state index in [2.05, 4.69) is 15.0 Å². The van der Waals surface area contributed by atoms with Crippen molar-refractivity contribution >= 4 is 11.6 Å². The van der Waals surface area contributed by atoms with Crippen LogP contribution in [0.1, 0.15) is 24.4 Å². The molecule has 0 unspecified atom stereocenters. The molecule has 2 aliphatic heterocycles. The Balaban J connectivity index is 1.85. The van der Waals surface area contributed by atoms with Crippen molar-refractivity contribution in [2.45, 2.75) is 25.2 Å². The SMILES string of the molecule is FC(F)(F)Oc1ccc([C@@H](C2CCOCC2)N2CCNCC2)cc1Cl. The summed E-state index contributed by atoms with van der Waals surface area (Å²) in [5.41, 5.74) is 0.938. The number of rotatable bonds is 4. The second-order valence-corrected chi connectivity index (χ2v) is 6.83. The number of ether oxygens (including phenoxy) is 2. The lowest BCUT2D eigenvalue weighted by Gasteiger charge is -2.41. The molecule has 0 bridgehead atoms. The van der Waals surface area contributed by atoms with Gasteiger partial charge in [-0.05, 0) is 36.5 Å². The molecule has 2 heterocycles. The van der Waals surface area contributed by atoms with Crippen LogP contribution in [0.5, 0.6) is 5.75 Å². The fourth-order valence-corrected chi connectivity index (χ4v) is 3.91. The van der Waals surface area contributed by atoms with Gasteiger partial charge in [0.25, 0.3) is 0 Å². The maximum atomic E-state index is 12.5. The molecule has 1 aromatic carbocycles. The number of piperazine rings is 1. The minimum Gasteiger partial charge on any atom is -0.404 e. The first-order valence-electron chi connectivity index (χ1n) is 8.52. The highest BCUT2D eigenvalue weighted by Crippen LogP contribution is 2.39. The predicted molar refractivity (Wildman–Crippen MR) is 88.9 cm³/mol. The zero-order valence-electron chi connectivity index (χ0n) is 13.8. The largest absolute Gasteiger partial charge is 0.573 e. The minimum absolute atomic E-state index is 0.0120. The van der Waals surface area contributed by atoms with Crippen molar-refractivity contribution < 1.29 is 22.6 Å². The second kappa shape index (κ2) is 8.12. The van der Waals surface area contributed by atoms with Gasteiger partial charge in [0.15, 0.2) is 0 Å². The van der Waals surface area contributed by atoms with Crippen LogP contribution in [0, 0.1) is 5.92 Å². The van der Waals surface area contributed by atoms with Gasteiger partial charge in [-0.1, -0.05) is 17.7 Å². The van der Waals surface area contributed by atoms with E-state index >= 15 is 0 Å². The standard InChI is InChI=1S/C17H22ClF3N2O2/c18-14-11-13(1-2-15(14)25-17(19,20)21)16(12-3-9-24-10-4-12)23-7-5-22-6-8-23/h1-2,11-12,16,22H,3-10H2/t16-/m1/s1. The van der Waals surface area contributed by atoms with Gasteiger partial charge in [-0.15, -0.1) is 13.2 Å². The Morgan fingerprint density at radius 3 is 2.48 bits per heavy atom. The van der Waals surface area contributed by atoms with E-state index in [0.29, 0.717) is 5.92 Å². The van der Waals surface area contributed by atoms with Gasteiger partial charge in [-0.3, -0.25) is 4.90 Å². The first-order chi connectivity index (χ1) is 11.9. The first-order valence-corrected chi connectivity index (χ1v) is 8.89. The fraction of sp³-hybridized carbons (Fsp3) is 0.647. The number of hydrogen-bond acceptors (Lipinski definition) is 4. The van der Waals surface area contributed by atoms with E-state index in [1.165, 1.54) is 6.07 Å². The summed E-state index contributed by atoms with van der Waals surface area (Å²) >= 11 is 6.08. The third-order valence-corrected chi connectivity index (χ3v) is 5.08. The highest BCUT2D eigenvalue weighted by molar-refractivity contribution is 6.32. The van der Waals surface area contributed by atoms with Crippen LogP contribution in [0.15, 0.2) is 18.2 Å². The molecule has 2 fully saturated rings. The van der Waals surface area contributed by atoms with Crippen molar-refractivity contribution in [1.29, 1.82) is 0 Å². The smallest absolute Gasteiger partial charge is 0.404 e. The zero-order chi connectivity index (χ0) is 17.9. The van der Waals surface area contributed by atoms with Crippen molar-refractivity contribution in [2.24, 2.45) is 5.92 Å². The summed E-state index contributed by atoms with van der Waals surface area (Å²) in [6.07, 6.45) is -2.87. The Hall–Kier alpha value is -1.02. The van der Waals surface area contributed by atoms with Gasteiger partial charge in [0.1, 0.15) is 5.75 Å². The molecular weight excluding hydrogens is 357 g/mol. The number of alkyl halides is 3. The Bertz CT molecular complexity index is 556. The lowest BCUT2D eigenvalue weighted by molar-refractivity contribution is -0.274. The third-order valence-electron chi connectivity index (χ3n) is 4.78. The summed E-state index contributed by atoms with van der Waals surface area (Å²) < 4.78 is 46.8. The van der Waals surface area contributed by atoms with Crippen molar-refractivity contribution in [2.75, 3.05) is 39.4 Å². The molecule has 8 heteroatoms. The van der Waals surface area contributed by atoms with Crippen LogP contribution in [0.2, 0.25) is 5.02 Å². The molecule has 25 heavy (non-hydrogen) atoms. The van der Waals surface area contributed by atoms with Crippen LogP contribution in [0.4, 0.5) is 13.2 Å². The second-order valence-electron chi connectivity index (χ2n) is 6.42. The monoisotopic (exact) mass is 378 g/mol. The quantitative estimate of drug-likeness (QED) is 0.867. The van der Waals surface area contributed by atoms with Gasteiger partial charge < -0.3 is 14.8 Å². The lowest BCUT2D eigenvalue weighted by Crippen LogP contribution is -2.47. The molecule has 1 atom stereocenters. The highest BCUT2D eigenvalue weighted by Gasteiger charge is 2.34. The number of halogens is 4. The normalized spacial score (nSPS) is 21.9. The van der Waals surface area contributed by atoms with Crippen molar-refractivity contribution in [1.82, 2.24) is 10.2 Å². The van der Waals surface area contributed by atoms with Crippen LogP contribution in [-0.4, -0.2) is 50.7 Å². The molecule has 0 spiro atoms. The molecule has 1 N–H and O–H groups in total. The molecule has 1 aromatic rings. The molecule has 0 aliphatic carbocycles. The number of nitrogens with zero attached hydrogens (tertiary/aromatic N) is 1. The van der Waals surface area contributed by atoms with Gasteiger partial charge in [0, 0.05) is 45.4 Å². The van der Waals surface area contributed by atoms with Gasteiger partial charge >= 0.3 is 6.36 Å². The molecule has 3 rings (SSSR count). The van der Waals surface area contributed by atoms with Crippen LogP contribution < -0.4 is 10.1 Å². The number of benzene rings is 1. The number of nitrogens with one attached hydrogen (secondary N) is 1. The first kappa shape index (κ1) is 18.8. The van der Waals surface area contributed by atoms with Gasteiger partial charge in [-0.2, -0.15) is 0 Å². The maximum absolute atomic E-state index is 12.5. The summed E-state index contributed by atoms with van der Waals surface area (Å²) in [7, 11) is 0. The Labute approximate surface area is 150 Å². The van der Waals surface area contributed by atoms with Gasteiger partial charge in [0.2, 0.25) is 0 Å². The van der Waals surface area contributed by atoms with E-state index in [1.807, 2.05) is 0 Å². The van der Waals surface area contributed by atoms with Crippen LogP contribution in [0.3, 0.4) is 0 Å². The van der Waals surface area contributed by atoms with E-state index in [-0.39, 0.29) is 16.8 Å². The van der Waals surface area contributed by atoms with E-state index in [1.54, 1.807) is 12.1 Å². The average molecular weight is 379 g/mol. The Kier molecular flexibility index (Phi) is 6.09. The van der Waals surface area contributed by atoms with Gasteiger partial charge in [0.05, 0.1) is 5.02 Å². The molecule has 2 saturated heterocycles. The molecule has 0 radical (unpaired) electrons. The summed E-state index contributed by atoms with van der Waals surface area (Å²) in [4.78, 5) is 2.39. The predicted octanol–water partition coefficient (Wildman–Crippen LogP) is 3.61. The van der Waals surface area contributed by atoms with Crippen molar-refractivity contribution in [3.05, 3.63) is 28.8 Å². The summed E-state index contributed by atoms with van der Waals surface area (Å²) in [5.74, 6) is 0.0428. The van der Waals surface area contributed by atoms with Crippen LogP contribution >= 0.6 is 11.6 Å². The van der Waals surface area contributed by atoms with E-state index in [4.69, 9.17) is 16.3 Å². The topological polar surface area (TPSA) is 33.7 Å². The van der Waals surface area contributed by atoms with Gasteiger partial charge in [-0.25, -0.2) is 0 Å². The highest BCUT2D eigenvalue weighted by atomic mass is 35.5. The van der Waals surface area contributed by atoms with Crippen LogP contribution in [0.25, 0.3) is 0 Å². The third kappa shape index (κ3) is 5.00. The molecule has 4 nitrogen and oxygen atoms in total. The molecule has 0 saturated carbocycles. The molecular formula is C17H22ClF3N2O2. The summed E-state index contributed by atoms with van der Waals surface area (Å²) in [6.45, 7) is 5.05. The van der Waals surface area contributed by atoms with E-state index < -0.39 is 6.36 Å². The number of hydrogen-bond donors (Lipinski definition) is 1. The summed E-state index contributed by atoms with van der Waals surface area (Å²) in [5, 5.41) is 3.32. The Morgan fingerprint density at radius 1 is 1.20 bits per heavy atom. The minimum atomic E-state index is -4.75. The van der Waals surface area contributed by atoms with Crippen LogP contribution in [-0.2, 0) is 4.74 Å². The average Bonchev–Trinajstić information content (AvgIpc) is 2.58. The zero-order valence-corrected chi connectivity index (χ0v) is 14.6. The lowest BCUT2D eigenvalue weighted by atomic mass is 9.85. The maximum Gasteiger partial charge on any atom is 0.573 e. The molecule has 2 aliphatic rings. The fourth-order valence-electron chi connectivity index (χ4n) is 3.68. The molecule has 0 aromatic heterocycles. The summed E-state index contributed by atoms with van der Waals surface area (Å²) in [6, 6.07) is 4.77. The van der Waals surface area contributed by atoms with Crippen molar-refractivity contribution in [3.63, 3.8) is 0 Å².